The highest BCUT2D eigenvalue weighted by molar-refractivity contribution is 7.18. The lowest BCUT2D eigenvalue weighted by molar-refractivity contribution is -0.140. The first-order valence-corrected chi connectivity index (χ1v) is 10.5. The van der Waals surface area contributed by atoms with Gasteiger partial charge in [0.1, 0.15) is 20.7 Å². The van der Waals surface area contributed by atoms with E-state index in [1.807, 2.05) is 0 Å². The predicted octanol–water partition coefficient (Wildman–Crippen LogP) is 3.83. The number of alkyl halides is 3. The molecule has 0 saturated carbocycles. The van der Waals surface area contributed by atoms with Crippen LogP contribution in [0.4, 0.5) is 23.8 Å². The number of pyridine rings is 1. The standard InChI is InChI=1S/C17H12F3N7O3S2/c1-2-21-15(28)25-11-3-7(14-24-10(6-31-14)17(18,19)20)8(4-22-11)13-23-5-9(32-13)12-26-27-16(29)30-12/h3-6H,2H2,1H3,(H,27,29)(H2,21,22,25,28). The topological polar surface area (TPSA) is 139 Å². The number of aromatic nitrogens is 5. The molecule has 0 saturated heterocycles. The molecule has 0 aliphatic rings. The van der Waals surface area contributed by atoms with Crippen molar-refractivity contribution in [1.82, 2.24) is 30.5 Å². The minimum atomic E-state index is -4.60. The van der Waals surface area contributed by atoms with Gasteiger partial charge in [0.05, 0.1) is 6.20 Å². The van der Waals surface area contributed by atoms with E-state index in [4.69, 9.17) is 4.42 Å². The Labute approximate surface area is 184 Å². The van der Waals surface area contributed by atoms with Crippen molar-refractivity contribution in [1.29, 1.82) is 0 Å². The number of thiazole rings is 2. The summed E-state index contributed by atoms with van der Waals surface area (Å²) in [6.07, 6.45) is -1.82. The Morgan fingerprint density at radius 1 is 1.22 bits per heavy atom. The van der Waals surface area contributed by atoms with Crippen LogP contribution in [0.1, 0.15) is 12.6 Å². The van der Waals surface area contributed by atoms with Crippen LogP contribution in [-0.4, -0.2) is 37.7 Å². The van der Waals surface area contributed by atoms with Crippen molar-refractivity contribution in [2.45, 2.75) is 13.1 Å². The van der Waals surface area contributed by atoms with Crippen LogP contribution < -0.4 is 16.4 Å². The highest BCUT2D eigenvalue weighted by Gasteiger charge is 2.34. The summed E-state index contributed by atoms with van der Waals surface area (Å²) in [4.78, 5) is 35.5. The average molecular weight is 483 g/mol. The quantitative estimate of drug-likeness (QED) is 0.392. The normalized spacial score (nSPS) is 11.5. The van der Waals surface area contributed by atoms with Crippen molar-refractivity contribution < 1.29 is 22.4 Å². The summed E-state index contributed by atoms with van der Waals surface area (Å²) in [6.45, 7) is 2.11. The van der Waals surface area contributed by atoms with Gasteiger partial charge < -0.3 is 9.73 Å². The zero-order valence-electron chi connectivity index (χ0n) is 16.0. The van der Waals surface area contributed by atoms with Crippen LogP contribution in [0.2, 0.25) is 0 Å². The SMILES string of the molecule is CCNC(=O)Nc1cc(-c2nc(C(F)(F)F)cs2)c(-c2ncc(-c3n[nH]c(=O)o3)s2)cn1. The second kappa shape index (κ2) is 8.51. The molecule has 0 fully saturated rings. The van der Waals surface area contributed by atoms with E-state index in [2.05, 4.69) is 35.8 Å². The molecule has 3 N–H and O–H groups in total. The van der Waals surface area contributed by atoms with E-state index in [1.54, 1.807) is 6.92 Å². The minimum Gasteiger partial charge on any atom is -0.387 e. The number of anilines is 1. The summed E-state index contributed by atoms with van der Waals surface area (Å²) in [7, 11) is 0. The smallest absolute Gasteiger partial charge is 0.387 e. The number of urea groups is 1. The van der Waals surface area contributed by atoms with Crippen molar-refractivity contribution in [2.24, 2.45) is 0 Å². The van der Waals surface area contributed by atoms with Gasteiger partial charge in [-0.25, -0.2) is 29.6 Å². The van der Waals surface area contributed by atoms with Crippen LogP contribution in [0.3, 0.4) is 0 Å². The monoisotopic (exact) mass is 483 g/mol. The lowest BCUT2D eigenvalue weighted by Crippen LogP contribution is -2.28. The molecule has 4 aromatic heterocycles. The van der Waals surface area contributed by atoms with Crippen LogP contribution in [0, 0.1) is 0 Å². The van der Waals surface area contributed by atoms with Crippen molar-refractivity contribution in [3.63, 3.8) is 0 Å². The molecule has 2 amide bonds. The maximum Gasteiger partial charge on any atom is 0.434 e. The third kappa shape index (κ3) is 4.52. The van der Waals surface area contributed by atoms with Crippen LogP contribution in [-0.2, 0) is 6.18 Å². The Morgan fingerprint density at radius 3 is 2.69 bits per heavy atom. The summed E-state index contributed by atoms with van der Waals surface area (Å²) >= 11 is 1.89. The molecule has 0 spiro atoms. The fraction of sp³-hybridized carbons (Fsp3) is 0.176. The van der Waals surface area contributed by atoms with Crippen molar-refractivity contribution >= 4 is 34.5 Å². The van der Waals surface area contributed by atoms with Gasteiger partial charge in [0.2, 0.25) is 0 Å². The predicted molar refractivity (Wildman–Crippen MR) is 110 cm³/mol. The van der Waals surface area contributed by atoms with Crippen LogP contribution in [0.25, 0.3) is 31.9 Å². The molecule has 0 bridgehead atoms. The number of amides is 2. The molecule has 10 nitrogen and oxygen atoms in total. The van der Waals surface area contributed by atoms with Gasteiger partial charge in [-0.1, -0.05) is 0 Å². The van der Waals surface area contributed by atoms with E-state index in [0.29, 0.717) is 22.0 Å². The highest BCUT2D eigenvalue weighted by Crippen LogP contribution is 2.40. The molecule has 4 aromatic rings. The van der Waals surface area contributed by atoms with Crippen molar-refractivity contribution in [3.05, 3.63) is 40.1 Å². The molecule has 0 atom stereocenters. The Kier molecular flexibility index (Phi) is 5.75. The molecule has 0 aliphatic heterocycles. The van der Waals surface area contributed by atoms with Gasteiger partial charge in [0, 0.05) is 29.2 Å². The zero-order valence-corrected chi connectivity index (χ0v) is 17.6. The molecule has 0 unspecified atom stereocenters. The lowest BCUT2D eigenvalue weighted by Gasteiger charge is -2.09. The molecule has 0 aromatic carbocycles. The zero-order chi connectivity index (χ0) is 22.9. The molecule has 4 heterocycles. The van der Waals surface area contributed by atoms with E-state index in [-0.39, 0.29) is 22.3 Å². The fourth-order valence-electron chi connectivity index (χ4n) is 2.55. The van der Waals surface area contributed by atoms with Crippen LogP contribution in [0.15, 0.2) is 33.1 Å². The number of nitrogens with one attached hydrogen (secondary N) is 3. The Morgan fingerprint density at radius 2 is 2.03 bits per heavy atom. The highest BCUT2D eigenvalue weighted by atomic mass is 32.1. The summed E-state index contributed by atoms with van der Waals surface area (Å²) in [5.74, 6) is -0.592. The van der Waals surface area contributed by atoms with Crippen LogP contribution in [0.5, 0.6) is 0 Å². The maximum absolute atomic E-state index is 13.1. The molecular formula is C17H12F3N7O3S2. The average Bonchev–Trinajstić information content (AvgIpc) is 3.48. The first-order chi connectivity index (χ1) is 15.2. The second-order valence-corrected chi connectivity index (χ2v) is 7.97. The molecular weight excluding hydrogens is 471 g/mol. The number of H-pyrrole nitrogens is 1. The summed E-state index contributed by atoms with van der Waals surface area (Å²) in [6, 6.07) is 0.901. The van der Waals surface area contributed by atoms with Crippen molar-refractivity contribution in [2.75, 3.05) is 11.9 Å². The summed E-state index contributed by atoms with van der Waals surface area (Å²) in [5, 5.41) is 12.3. The molecule has 166 valence electrons. The van der Waals surface area contributed by atoms with Crippen LogP contribution >= 0.6 is 22.7 Å². The number of hydrogen-bond acceptors (Lipinski definition) is 9. The number of halogens is 3. The van der Waals surface area contributed by atoms with E-state index in [1.165, 1.54) is 18.5 Å². The van der Waals surface area contributed by atoms with E-state index in [9.17, 15) is 22.8 Å². The fourth-order valence-corrected chi connectivity index (χ4v) is 4.28. The number of rotatable bonds is 5. The van der Waals surface area contributed by atoms with Gasteiger partial charge in [-0.2, -0.15) is 13.2 Å². The van der Waals surface area contributed by atoms with E-state index in [0.717, 1.165) is 28.1 Å². The molecule has 4 rings (SSSR count). The number of nitrogens with zero attached hydrogens (tertiary/aromatic N) is 4. The molecule has 0 radical (unpaired) electrons. The molecule has 0 aliphatic carbocycles. The first kappa shape index (κ1) is 21.6. The minimum absolute atomic E-state index is 0.0244. The maximum atomic E-state index is 13.1. The van der Waals surface area contributed by atoms with Gasteiger partial charge in [-0.15, -0.1) is 27.8 Å². The summed E-state index contributed by atoms with van der Waals surface area (Å²) < 4.78 is 44.1. The third-order valence-corrected chi connectivity index (χ3v) is 5.79. The Balaban J connectivity index is 1.78. The summed E-state index contributed by atoms with van der Waals surface area (Å²) in [5.41, 5.74) is -0.364. The van der Waals surface area contributed by atoms with Gasteiger partial charge >= 0.3 is 18.0 Å². The number of carbonyl (C=O) groups excluding carboxylic acids is 1. The number of hydrogen-bond donors (Lipinski definition) is 3. The van der Waals surface area contributed by atoms with Gasteiger partial charge in [0.15, 0.2) is 5.69 Å². The first-order valence-electron chi connectivity index (χ1n) is 8.84. The second-order valence-electron chi connectivity index (χ2n) is 6.08. The van der Waals surface area contributed by atoms with E-state index >= 15 is 0 Å². The number of carbonyl (C=O) groups is 1. The Hall–Kier alpha value is -3.59. The van der Waals surface area contributed by atoms with E-state index < -0.39 is 23.7 Å². The number of aromatic amines is 1. The Bertz CT molecular complexity index is 1330. The van der Waals surface area contributed by atoms with Gasteiger partial charge in [-0.05, 0) is 13.0 Å². The third-order valence-electron chi connectivity index (χ3n) is 3.89. The largest absolute Gasteiger partial charge is 0.434 e. The molecule has 15 heteroatoms. The van der Waals surface area contributed by atoms with Gasteiger partial charge in [0.25, 0.3) is 5.89 Å². The molecule has 32 heavy (non-hydrogen) atoms. The van der Waals surface area contributed by atoms with Crippen molar-refractivity contribution in [3.8, 4) is 31.9 Å². The van der Waals surface area contributed by atoms with Gasteiger partial charge in [-0.3, -0.25) is 5.32 Å². The lowest BCUT2D eigenvalue weighted by atomic mass is 10.1.